The molecule has 3 nitrogen and oxygen atoms in total. The Bertz CT molecular complexity index is 97.6. The molecule has 0 aromatic heterocycles. The van der Waals surface area contributed by atoms with Crippen molar-refractivity contribution in [3.63, 3.8) is 0 Å². The molecule has 0 aromatic rings. The van der Waals surface area contributed by atoms with E-state index in [0.29, 0.717) is 12.0 Å². The lowest BCUT2D eigenvalue weighted by Gasteiger charge is -2.05. The molecule has 1 heterocycles. The molecule has 0 bridgehead atoms. The van der Waals surface area contributed by atoms with Crippen LogP contribution < -0.4 is 5.32 Å². The molecule has 0 aliphatic carbocycles. The predicted molar refractivity (Wildman–Crippen MR) is 38.9 cm³/mol. The number of ether oxygens (including phenoxy) is 1. The molecule has 1 saturated heterocycles. The van der Waals surface area contributed by atoms with Crippen LogP contribution in [0.2, 0.25) is 0 Å². The van der Waals surface area contributed by atoms with Crippen molar-refractivity contribution in [3.05, 3.63) is 0 Å². The SMILES string of the molecule is COCC1CNC(CO)C1. The van der Waals surface area contributed by atoms with Crippen molar-refractivity contribution in [3.8, 4) is 0 Å². The zero-order chi connectivity index (χ0) is 7.40. The predicted octanol–water partition coefficient (Wildman–Crippen LogP) is -0.397. The summed E-state index contributed by atoms with van der Waals surface area (Å²) in [5, 5.41) is 12.0. The van der Waals surface area contributed by atoms with Crippen molar-refractivity contribution in [1.29, 1.82) is 0 Å². The Morgan fingerprint density at radius 3 is 3.00 bits per heavy atom. The lowest BCUT2D eigenvalue weighted by molar-refractivity contribution is 0.157. The molecule has 1 aliphatic rings. The second-order valence-corrected chi connectivity index (χ2v) is 2.84. The van der Waals surface area contributed by atoms with Crippen molar-refractivity contribution in [2.24, 2.45) is 5.92 Å². The summed E-state index contributed by atoms with van der Waals surface area (Å²) < 4.78 is 5.00. The highest BCUT2D eigenvalue weighted by atomic mass is 16.5. The molecule has 60 valence electrons. The van der Waals surface area contributed by atoms with Gasteiger partial charge in [-0.2, -0.15) is 0 Å². The van der Waals surface area contributed by atoms with Crippen LogP contribution in [0.1, 0.15) is 6.42 Å². The van der Waals surface area contributed by atoms with Gasteiger partial charge in [-0.25, -0.2) is 0 Å². The van der Waals surface area contributed by atoms with Gasteiger partial charge in [0.05, 0.1) is 13.2 Å². The second kappa shape index (κ2) is 3.91. The Hall–Kier alpha value is -0.120. The molecular formula is C7H15NO2. The highest BCUT2D eigenvalue weighted by Gasteiger charge is 2.22. The van der Waals surface area contributed by atoms with Crippen molar-refractivity contribution >= 4 is 0 Å². The minimum Gasteiger partial charge on any atom is -0.395 e. The Balaban J connectivity index is 2.15. The maximum Gasteiger partial charge on any atom is 0.0584 e. The molecule has 0 radical (unpaired) electrons. The number of hydrogen-bond acceptors (Lipinski definition) is 3. The van der Waals surface area contributed by atoms with E-state index >= 15 is 0 Å². The zero-order valence-corrected chi connectivity index (χ0v) is 6.34. The quantitative estimate of drug-likeness (QED) is 0.568. The standard InChI is InChI=1S/C7H15NO2/c1-10-5-6-2-7(4-9)8-3-6/h6-9H,2-5H2,1H3. The lowest BCUT2D eigenvalue weighted by atomic mass is 10.1. The van der Waals surface area contributed by atoms with Crippen LogP contribution in [0, 0.1) is 5.92 Å². The van der Waals surface area contributed by atoms with Crippen LogP contribution in [0.3, 0.4) is 0 Å². The molecule has 2 N–H and O–H groups in total. The first-order valence-corrected chi connectivity index (χ1v) is 3.70. The first-order valence-electron chi connectivity index (χ1n) is 3.70. The van der Waals surface area contributed by atoms with Gasteiger partial charge in [0.15, 0.2) is 0 Å². The van der Waals surface area contributed by atoms with Crippen LogP contribution in [0.5, 0.6) is 0 Å². The second-order valence-electron chi connectivity index (χ2n) is 2.84. The summed E-state index contributed by atoms with van der Waals surface area (Å²) >= 11 is 0. The lowest BCUT2D eigenvalue weighted by Crippen LogP contribution is -2.24. The fraction of sp³-hybridized carbons (Fsp3) is 1.00. The number of hydrogen-bond donors (Lipinski definition) is 2. The third kappa shape index (κ3) is 1.94. The third-order valence-electron chi connectivity index (χ3n) is 1.94. The van der Waals surface area contributed by atoms with E-state index in [1.54, 1.807) is 7.11 Å². The normalized spacial score (nSPS) is 33.0. The average molecular weight is 145 g/mol. The van der Waals surface area contributed by atoms with E-state index in [2.05, 4.69) is 5.32 Å². The van der Waals surface area contributed by atoms with Gasteiger partial charge in [-0.15, -0.1) is 0 Å². The average Bonchev–Trinajstić information content (AvgIpc) is 2.37. The van der Waals surface area contributed by atoms with Crippen molar-refractivity contribution in [2.45, 2.75) is 12.5 Å². The Morgan fingerprint density at radius 1 is 1.70 bits per heavy atom. The Kier molecular flexibility index (Phi) is 3.12. The topological polar surface area (TPSA) is 41.5 Å². The Morgan fingerprint density at radius 2 is 2.50 bits per heavy atom. The maximum atomic E-state index is 8.75. The van der Waals surface area contributed by atoms with Crippen LogP contribution in [-0.2, 0) is 4.74 Å². The highest BCUT2D eigenvalue weighted by Crippen LogP contribution is 2.12. The van der Waals surface area contributed by atoms with E-state index in [0.717, 1.165) is 19.6 Å². The molecule has 10 heavy (non-hydrogen) atoms. The monoisotopic (exact) mass is 145 g/mol. The van der Waals surface area contributed by atoms with Crippen LogP contribution in [0.25, 0.3) is 0 Å². The smallest absolute Gasteiger partial charge is 0.0584 e. The fourth-order valence-corrected chi connectivity index (χ4v) is 1.40. The summed E-state index contributed by atoms with van der Waals surface area (Å²) in [6.45, 7) is 2.04. The van der Waals surface area contributed by atoms with Gasteiger partial charge in [-0.3, -0.25) is 0 Å². The number of methoxy groups -OCH3 is 1. The maximum absolute atomic E-state index is 8.75. The van der Waals surface area contributed by atoms with Gasteiger partial charge >= 0.3 is 0 Å². The molecule has 0 aromatic carbocycles. The molecular weight excluding hydrogens is 130 g/mol. The molecule has 3 heteroatoms. The summed E-state index contributed by atoms with van der Waals surface area (Å²) in [6, 6.07) is 0.306. The zero-order valence-electron chi connectivity index (χ0n) is 6.34. The van der Waals surface area contributed by atoms with E-state index in [4.69, 9.17) is 9.84 Å². The summed E-state index contributed by atoms with van der Waals surface area (Å²) in [7, 11) is 1.71. The van der Waals surface area contributed by atoms with E-state index in [1.807, 2.05) is 0 Å². The molecule has 0 spiro atoms. The summed E-state index contributed by atoms with van der Waals surface area (Å²) in [6.07, 6.45) is 1.05. The van der Waals surface area contributed by atoms with Crippen molar-refractivity contribution in [2.75, 3.05) is 26.9 Å². The van der Waals surface area contributed by atoms with Gasteiger partial charge in [0.25, 0.3) is 0 Å². The highest BCUT2D eigenvalue weighted by molar-refractivity contribution is 4.80. The number of aliphatic hydroxyl groups excluding tert-OH is 1. The summed E-state index contributed by atoms with van der Waals surface area (Å²) in [4.78, 5) is 0. The summed E-state index contributed by atoms with van der Waals surface area (Å²) in [5.74, 6) is 0.599. The molecule has 2 atom stereocenters. The van der Waals surface area contributed by atoms with Crippen LogP contribution in [0.15, 0.2) is 0 Å². The van der Waals surface area contributed by atoms with E-state index in [-0.39, 0.29) is 6.61 Å². The van der Waals surface area contributed by atoms with Gasteiger partial charge in [0, 0.05) is 19.7 Å². The first kappa shape index (κ1) is 7.98. The van der Waals surface area contributed by atoms with Gasteiger partial charge in [0.1, 0.15) is 0 Å². The molecule has 1 fully saturated rings. The van der Waals surface area contributed by atoms with Crippen LogP contribution in [-0.4, -0.2) is 38.0 Å². The molecule has 0 saturated carbocycles. The first-order chi connectivity index (χ1) is 4.86. The van der Waals surface area contributed by atoms with Crippen LogP contribution >= 0.6 is 0 Å². The van der Waals surface area contributed by atoms with Gasteiger partial charge in [-0.1, -0.05) is 0 Å². The minimum atomic E-state index is 0.250. The van der Waals surface area contributed by atoms with Gasteiger partial charge < -0.3 is 15.2 Å². The molecule has 0 amide bonds. The minimum absolute atomic E-state index is 0.250. The summed E-state index contributed by atoms with van der Waals surface area (Å²) in [5.41, 5.74) is 0. The van der Waals surface area contributed by atoms with E-state index < -0.39 is 0 Å². The molecule has 1 aliphatic heterocycles. The van der Waals surface area contributed by atoms with Crippen LogP contribution in [0.4, 0.5) is 0 Å². The largest absolute Gasteiger partial charge is 0.395 e. The fourth-order valence-electron chi connectivity index (χ4n) is 1.40. The third-order valence-corrected chi connectivity index (χ3v) is 1.94. The van der Waals surface area contributed by atoms with Crippen molar-refractivity contribution < 1.29 is 9.84 Å². The van der Waals surface area contributed by atoms with Gasteiger partial charge in [0.2, 0.25) is 0 Å². The van der Waals surface area contributed by atoms with E-state index in [9.17, 15) is 0 Å². The number of nitrogens with one attached hydrogen (secondary N) is 1. The Labute approximate surface area is 61.4 Å². The van der Waals surface area contributed by atoms with Crippen molar-refractivity contribution in [1.82, 2.24) is 5.32 Å². The molecule has 1 rings (SSSR count). The molecule has 2 unspecified atom stereocenters. The number of rotatable bonds is 3. The van der Waals surface area contributed by atoms with Gasteiger partial charge in [-0.05, 0) is 12.3 Å². The number of aliphatic hydroxyl groups is 1. The van der Waals surface area contributed by atoms with E-state index in [1.165, 1.54) is 0 Å².